The van der Waals surface area contributed by atoms with Gasteiger partial charge in [0.25, 0.3) is 0 Å². The molecule has 2 heteroatoms. The molecule has 0 saturated heterocycles. The first kappa shape index (κ1) is 33.2. The van der Waals surface area contributed by atoms with E-state index >= 15 is 0 Å². The standard InChI is InChI=1S/C39H60N2/c1-4-5-6-7-8-9-10-11-12-13-14-15-16-17-18-19-26-32-41-33-31-40-38(41)35(2)39(3,37-29-24-21-25-30-37)34-36-27-22-20-23-28-36/h20-25,27-31,33,35H,4-19,26,32,34H2,1-3H3. The molecule has 2 nitrogen and oxygen atoms in total. The molecule has 3 rings (SSSR count). The highest BCUT2D eigenvalue weighted by Gasteiger charge is 2.36. The number of nitrogens with zero attached hydrogens (tertiary/aromatic N) is 2. The van der Waals surface area contributed by atoms with Crippen molar-refractivity contribution >= 4 is 0 Å². The van der Waals surface area contributed by atoms with Crippen LogP contribution >= 0.6 is 0 Å². The maximum atomic E-state index is 4.91. The summed E-state index contributed by atoms with van der Waals surface area (Å²) in [5.74, 6) is 1.54. The normalized spacial score (nSPS) is 13.7. The van der Waals surface area contributed by atoms with Crippen LogP contribution in [-0.2, 0) is 18.4 Å². The van der Waals surface area contributed by atoms with Crippen LogP contribution in [0.2, 0.25) is 0 Å². The van der Waals surface area contributed by atoms with Crippen LogP contribution < -0.4 is 0 Å². The lowest BCUT2D eigenvalue weighted by atomic mass is 9.68. The Morgan fingerprint density at radius 3 is 1.61 bits per heavy atom. The lowest BCUT2D eigenvalue weighted by Crippen LogP contribution is -2.33. The highest BCUT2D eigenvalue weighted by Crippen LogP contribution is 2.41. The fourth-order valence-electron chi connectivity index (χ4n) is 6.53. The van der Waals surface area contributed by atoms with Crippen LogP contribution in [0, 0.1) is 0 Å². The van der Waals surface area contributed by atoms with Crippen LogP contribution in [-0.4, -0.2) is 9.55 Å². The van der Waals surface area contributed by atoms with Gasteiger partial charge < -0.3 is 4.57 Å². The number of hydrogen-bond acceptors (Lipinski definition) is 1. The number of imidazole rings is 1. The number of aryl methyl sites for hydroxylation is 1. The first-order chi connectivity index (χ1) is 20.1. The summed E-state index contributed by atoms with van der Waals surface area (Å²) in [6.45, 7) is 8.18. The second kappa shape index (κ2) is 19.7. The zero-order valence-corrected chi connectivity index (χ0v) is 26.8. The molecule has 0 fully saturated rings. The third-order valence-corrected chi connectivity index (χ3v) is 9.44. The summed E-state index contributed by atoms with van der Waals surface area (Å²) < 4.78 is 2.43. The third kappa shape index (κ3) is 11.8. The Morgan fingerprint density at radius 2 is 1.10 bits per heavy atom. The Bertz CT molecular complexity index is 1020. The van der Waals surface area contributed by atoms with E-state index in [-0.39, 0.29) is 5.41 Å². The Labute approximate surface area is 253 Å². The number of rotatable bonds is 23. The quantitative estimate of drug-likeness (QED) is 0.106. The maximum Gasteiger partial charge on any atom is 0.112 e. The number of benzene rings is 2. The molecule has 3 aromatic rings. The van der Waals surface area contributed by atoms with Gasteiger partial charge in [0.1, 0.15) is 5.82 Å². The van der Waals surface area contributed by atoms with E-state index in [1.54, 1.807) is 0 Å². The van der Waals surface area contributed by atoms with E-state index in [9.17, 15) is 0 Å². The smallest absolute Gasteiger partial charge is 0.112 e. The molecule has 0 amide bonds. The Balaban J connectivity index is 1.33. The predicted octanol–water partition coefficient (Wildman–Crippen LogP) is 11.8. The van der Waals surface area contributed by atoms with Gasteiger partial charge in [-0.25, -0.2) is 4.98 Å². The minimum Gasteiger partial charge on any atom is -0.335 e. The van der Waals surface area contributed by atoms with Crippen molar-refractivity contribution in [3.8, 4) is 0 Å². The lowest BCUT2D eigenvalue weighted by molar-refractivity contribution is 0.366. The van der Waals surface area contributed by atoms with Crippen molar-refractivity contribution in [2.75, 3.05) is 0 Å². The summed E-state index contributed by atoms with van der Waals surface area (Å²) in [6, 6.07) is 22.0. The minimum atomic E-state index is -0.0278. The molecule has 41 heavy (non-hydrogen) atoms. The van der Waals surface area contributed by atoms with E-state index in [2.05, 4.69) is 92.2 Å². The van der Waals surface area contributed by atoms with Gasteiger partial charge in [-0.15, -0.1) is 0 Å². The van der Waals surface area contributed by atoms with Crippen LogP contribution in [0.5, 0.6) is 0 Å². The molecule has 1 aromatic heterocycles. The summed E-state index contributed by atoms with van der Waals surface area (Å²) in [6.07, 6.45) is 29.3. The van der Waals surface area contributed by atoms with Crippen molar-refractivity contribution < 1.29 is 0 Å². The van der Waals surface area contributed by atoms with E-state index in [1.165, 1.54) is 126 Å². The highest BCUT2D eigenvalue weighted by molar-refractivity contribution is 5.32. The summed E-state index contributed by atoms with van der Waals surface area (Å²) in [5, 5.41) is 0. The second-order valence-electron chi connectivity index (χ2n) is 12.8. The third-order valence-electron chi connectivity index (χ3n) is 9.44. The Hall–Kier alpha value is -2.35. The number of unbranched alkanes of at least 4 members (excludes halogenated alkanes) is 16. The van der Waals surface area contributed by atoms with Crippen LogP contribution in [0.3, 0.4) is 0 Å². The van der Waals surface area contributed by atoms with Crippen LogP contribution in [0.15, 0.2) is 73.1 Å². The molecule has 0 radical (unpaired) electrons. The summed E-state index contributed by atoms with van der Waals surface area (Å²) in [7, 11) is 0. The van der Waals surface area contributed by atoms with Gasteiger partial charge in [0.05, 0.1) is 0 Å². The van der Waals surface area contributed by atoms with Crippen molar-refractivity contribution in [1.82, 2.24) is 9.55 Å². The van der Waals surface area contributed by atoms with E-state index in [1.807, 2.05) is 6.20 Å². The molecular formula is C39H60N2. The van der Waals surface area contributed by atoms with Gasteiger partial charge in [0.2, 0.25) is 0 Å². The van der Waals surface area contributed by atoms with Gasteiger partial charge in [-0.2, -0.15) is 0 Å². The van der Waals surface area contributed by atoms with Crippen LogP contribution in [0.4, 0.5) is 0 Å². The van der Waals surface area contributed by atoms with E-state index in [4.69, 9.17) is 4.98 Å². The zero-order valence-electron chi connectivity index (χ0n) is 26.8. The first-order valence-electron chi connectivity index (χ1n) is 17.3. The average molecular weight is 557 g/mol. The molecular weight excluding hydrogens is 496 g/mol. The second-order valence-corrected chi connectivity index (χ2v) is 12.8. The lowest BCUT2D eigenvalue weighted by Gasteiger charge is -2.36. The molecule has 2 unspecified atom stereocenters. The van der Waals surface area contributed by atoms with Crippen LogP contribution in [0.25, 0.3) is 0 Å². The predicted molar refractivity (Wildman–Crippen MR) is 179 cm³/mol. The maximum absolute atomic E-state index is 4.91. The molecule has 0 aliphatic carbocycles. The monoisotopic (exact) mass is 556 g/mol. The fourth-order valence-corrected chi connectivity index (χ4v) is 6.53. The van der Waals surface area contributed by atoms with Gasteiger partial charge in [-0.1, -0.05) is 184 Å². The largest absolute Gasteiger partial charge is 0.335 e. The van der Waals surface area contributed by atoms with E-state index < -0.39 is 0 Å². The van der Waals surface area contributed by atoms with Gasteiger partial charge >= 0.3 is 0 Å². The van der Waals surface area contributed by atoms with Gasteiger partial charge in [-0.3, -0.25) is 0 Å². The molecule has 0 saturated carbocycles. The van der Waals surface area contributed by atoms with Crippen molar-refractivity contribution in [2.45, 2.75) is 154 Å². The Morgan fingerprint density at radius 1 is 0.634 bits per heavy atom. The van der Waals surface area contributed by atoms with Gasteiger partial charge in [-0.05, 0) is 24.0 Å². The highest BCUT2D eigenvalue weighted by atomic mass is 15.1. The minimum absolute atomic E-state index is 0.0278. The molecule has 0 spiro atoms. The molecule has 1 heterocycles. The molecule has 2 aromatic carbocycles. The topological polar surface area (TPSA) is 17.8 Å². The Kier molecular flexibility index (Phi) is 15.9. The van der Waals surface area contributed by atoms with Crippen molar-refractivity contribution in [3.05, 3.63) is 90.0 Å². The molecule has 0 aliphatic heterocycles. The first-order valence-corrected chi connectivity index (χ1v) is 17.3. The molecule has 2 atom stereocenters. The average Bonchev–Trinajstić information content (AvgIpc) is 3.47. The number of aromatic nitrogens is 2. The van der Waals surface area contributed by atoms with Gasteiger partial charge in [0, 0.05) is 30.3 Å². The molecule has 226 valence electrons. The summed E-state index contributed by atoms with van der Waals surface area (Å²) >= 11 is 0. The zero-order chi connectivity index (χ0) is 29.0. The molecule has 0 aliphatic rings. The number of hydrogen-bond donors (Lipinski definition) is 0. The van der Waals surface area contributed by atoms with E-state index in [0.29, 0.717) is 5.92 Å². The van der Waals surface area contributed by atoms with Gasteiger partial charge in [0.15, 0.2) is 0 Å². The SMILES string of the molecule is CCCCCCCCCCCCCCCCCCCn1ccnc1C(C)C(C)(Cc1ccccc1)c1ccccc1. The molecule has 0 N–H and O–H groups in total. The van der Waals surface area contributed by atoms with Crippen molar-refractivity contribution in [2.24, 2.45) is 0 Å². The summed E-state index contributed by atoms with van der Waals surface area (Å²) in [4.78, 5) is 4.91. The van der Waals surface area contributed by atoms with Crippen molar-refractivity contribution in [3.63, 3.8) is 0 Å². The fraction of sp³-hybridized carbons (Fsp3) is 0.615. The van der Waals surface area contributed by atoms with E-state index in [0.717, 1.165) is 13.0 Å². The van der Waals surface area contributed by atoms with Crippen LogP contribution in [0.1, 0.15) is 153 Å². The molecule has 0 bridgehead atoms. The summed E-state index contributed by atoms with van der Waals surface area (Å²) in [5.41, 5.74) is 2.75. The van der Waals surface area contributed by atoms with Crippen molar-refractivity contribution in [1.29, 1.82) is 0 Å².